The molecule has 0 radical (unpaired) electrons. The minimum absolute atomic E-state index is 0.0474. The van der Waals surface area contributed by atoms with Crippen LogP contribution in [0.5, 0.6) is 5.75 Å². The third kappa shape index (κ3) is 1.60. The highest BCUT2D eigenvalue weighted by Crippen LogP contribution is 2.39. The molecule has 0 aromatic heterocycles. The van der Waals surface area contributed by atoms with Crippen molar-refractivity contribution in [2.75, 3.05) is 0 Å². The highest BCUT2D eigenvalue weighted by Gasteiger charge is 2.25. The van der Waals surface area contributed by atoms with E-state index < -0.39 is 0 Å². The van der Waals surface area contributed by atoms with Gasteiger partial charge in [0.15, 0.2) is 0 Å². The summed E-state index contributed by atoms with van der Waals surface area (Å²) >= 11 is 6.10. The van der Waals surface area contributed by atoms with Crippen LogP contribution in [0.3, 0.4) is 0 Å². The van der Waals surface area contributed by atoms with E-state index in [1.807, 2.05) is 19.9 Å². The molecule has 2 N–H and O–H groups in total. The van der Waals surface area contributed by atoms with Crippen molar-refractivity contribution in [2.24, 2.45) is 5.73 Å². The standard InChI is InChI=1S/C11H14ClNO/c1-6-3-8-10(13)5-7(2)14-11(8)9(12)4-6/h3-4,7,10H,5,13H2,1-2H3. The van der Waals surface area contributed by atoms with Gasteiger partial charge in [0.1, 0.15) is 5.75 Å². The maximum Gasteiger partial charge on any atom is 0.143 e. The summed E-state index contributed by atoms with van der Waals surface area (Å²) in [5, 5.41) is 0.669. The van der Waals surface area contributed by atoms with Gasteiger partial charge in [0, 0.05) is 18.0 Å². The van der Waals surface area contributed by atoms with Gasteiger partial charge in [-0.05, 0) is 25.5 Å². The van der Waals surface area contributed by atoms with Crippen LogP contribution in [0.25, 0.3) is 0 Å². The molecule has 0 saturated carbocycles. The molecule has 2 atom stereocenters. The third-order valence-electron chi connectivity index (χ3n) is 2.52. The summed E-state index contributed by atoms with van der Waals surface area (Å²) in [7, 11) is 0. The van der Waals surface area contributed by atoms with E-state index >= 15 is 0 Å². The molecule has 2 unspecified atom stereocenters. The summed E-state index contributed by atoms with van der Waals surface area (Å²) in [6.07, 6.45) is 1.00. The molecule has 1 aliphatic rings. The Bertz CT molecular complexity index is 365. The average Bonchev–Trinajstić information content (AvgIpc) is 2.07. The number of halogens is 1. The molecule has 0 bridgehead atoms. The molecule has 0 amide bonds. The highest BCUT2D eigenvalue weighted by atomic mass is 35.5. The van der Waals surface area contributed by atoms with Gasteiger partial charge < -0.3 is 10.5 Å². The highest BCUT2D eigenvalue weighted by molar-refractivity contribution is 6.32. The van der Waals surface area contributed by atoms with Gasteiger partial charge in [0.2, 0.25) is 0 Å². The third-order valence-corrected chi connectivity index (χ3v) is 2.80. The molecular formula is C11H14ClNO. The molecule has 0 saturated heterocycles. The van der Waals surface area contributed by atoms with Crippen molar-refractivity contribution < 1.29 is 4.74 Å². The first-order valence-corrected chi connectivity index (χ1v) is 5.18. The number of aryl methyl sites for hydroxylation is 1. The van der Waals surface area contributed by atoms with Crippen LogP contribution in [0.4, 0.5) is 0 Å². The number of benzene rings is 1. The molecule has 14 heavy (non-hydrogen) atoms. The molecular weight excluding hydrogens is 198 g/mol. The molecule has 0 fully saturated rings. The first-order valence-electron chi connectivity index (χ1n) is 4.80. The van der Waals surface area contributed by atoms with Crippen molar-refractivity contribution in [1.29, 1.82) is 0 Å². The van der Waals surface area contributed by atoms with Crippen LogP contribution in [-0.4, -0.2) is 6.10 Å². The smallest absolute Gasteiger partial charge is 0.143 e. The van der Waals surface area contributed by atoms with Crippen molar-refractivity contribution in [3.05, 3.63) is 28.3 Å². The summed E-state index contributed by atoms with van der Waals surface area (Å²) in [5.74, 6) is 0.767. The van der Waals surface area contributed by atoms with E-state index in [0.29, 0.717) is 5.02 Å². The molecule has 1 aromatic rings. The normalized spacial score (nSPS) is 25.4. The Hall–Kier alpha value is -0.730. The molecule has 1 aromatic carbocycles. The second-order valence-corrected chi connectivity index (χ2v) is 4.34. The molecule has 76 valence electrons. The number of rotatable bonds is 0. The molecule has 0 aliphatic carbocycles. The monoisotopic (exact) mass is 211 g/mol. The van der Waals surface area contributed by atoms with E-state index in [1.54, 1.807) is 0 Å². The van der Waals surface area contributed by atoms with E-state index in [4.69, 9.17) is 22.1 Å². The fourth-order valence-corrected chi connectivity index (χ4v) is 2.22. The predicted octanol–water partition coefficient (Wildman–Crippen LogP) is 2.82. The Morgan fingerprint density at radius 2 is 2.21 bits per heavy atom. The van der Waals surface area contributed by atoms with Crippen molar-refractivity contribution in [2.45, 2.75) is 32.4 Å². The molecule has 3 heteroatoms. The van der Waals surface area contributed by atoms with E-state index in [-0.39, 0.29) is 12.1 Å². The number of ether oxygens (including phenoxy) is 1. The lowest BCUT2D eigenvalue weighted by Crippen LogP contribution is -2.27. The Morgan fingerprint density at radius 3 is 2.93 bits per heavy atom. The van der Waals surface area contributed by atoms with Crippen LogP contribution < -0.4 is 10.5 Å². The second kappa shape index (κ2) is 3.44. The van der Waals surface area contributed by atoms with Gasteiger partial charge in [0.05, 0.1) is 11.1 Å². The van der Waals surface area contributed by atoms with Crippen LogP contribution >= 0.6 is 11.6 Å². The van der Waals surface area contributed by atoms with Crippen LogP contribution in [0.1, 0.15) is 30.5 Å². The fourth-order valence-electron chi connectivity index (χ4n) is 1.89. The summed E-state index contributed by atoms with van der Waals surface area (Å²) in [6, 6.07) is 4.01. The van der Waals surface area contributed by atoms with Gasteiger partial charge in [-0.1, -0.05) is 17.7 Å². The van der Waals surface area contributed by atoms with Gasteiger partial charge in [-0.15, -0.1) is 0 Å². The van der Waals surface area contributed by atoms with Gasteiger partial charge >= 0.3 is 0 Å². The van der Waals surface area contributed by atoms with E-state index in [2.05, 4.69) is 6.07 Å². The van der Waals surface area contributed by atoms with Gasteiger partial charge in [-0.3, -0.25) is 0 Å². The van der Waals surface area contributed by atoms with E-state index in [9.17, 15) is 0 Å². The lowest BCUT2D eigenvalue weighted by Gasteiger charge is -2.29. The van der Waals surface area contributed by atoms with Gasteiger partial charge in [0.25, 0.3) is 0 Å². The minimum atomic E-state index is 0.0474. The van der Waals surface area contributed by atoms with Crippen molar-refractivity contribution in [3.63, 3.8) is 0 Å². The summed E-state index contributed by atoms with van der Waals surface area (Å²) < 4.78 is 5.68. The number of nitrogens with two attached hydrogens (primary N) is 1. The zero-order valence-corrected chi connectivity index (χ0v) is 9.14. The Labute approximate surface area is 89.0 Å². The summed E-state index contributed by atoms with van der Waals surface area (Å²) in [5.41, 5.74) is 8.20. The van der Waals surface area contributed by atoms with Gasteiger partial charge in [-0.2, -0.15) is 0 Å². The number of hydrogen-bond donors (Lipinski definition) is 1. The topological polar surface area (TPSA) is 35.2 Å². The first-order chi connectivity index (χ1) is 6.58. The van der Waals surface area contributed by atoms with Crippen LogP contribution in [0.15, 0.2) is 12.1 Å². The average molecular weight is 212 g/mol. The maximum absolute atomic E-state index is 6.10. The van der Waals surface area contributed by atoms with Crippen LogP contribution in [0, 0.1) is 6.92 Å². The van der Waals surface area contributed by atoms with Crippen molar-refractivity contribution >= 4 is 11.6 Å². The molecule has 1 heterocycles. The van der Waals surface area contributed by atoms with Crippen LogP contribution in [-0.2, 0) is 0 Å². The lowest BCUT2D eigenvalue weighted by molar-refractivity contribution is 0.177. The lowest BCUT2D eigenvalue weighted by atomic mass is 9.96. The minimum Gasteiger partial charge on any atom is -0.489 e. The molecule has 1 aliphatic heterocycles. The molecule has 2 nitrogen and oxygen atoms in total. The zero-order chi connectivity index (χ0) is 10.3. The summed E-state index contributed by atoms with van der Waals surface area (Å²) in [4.78, 5) is 0. The van der Waals surface area contributed by atoms with Crippen molar-refractivity contribution in [3.8, 4) is 5.75 Å². The fraction of sp³-hybridized carbons (Fsp3) is 0.455. The maximum atomic E-state index is 6.10. The van der Waals surface area contributed by atoms with Crippen LogP contribution in [0.2, 0.25) is 5.02 Å². The Morgan fingerprint density at radius 1 is 1.50 bits per heavy atom. The largest absolute Gasteiger partial charge is 0.489 e. The van der Waals surface area contributed by atoms with Crippen molar-refractivity contribution in [1.82, 2.24) is 0 Å². The molecule has 2 rings (SSSR count). The van der Waals surface area contributed by atoms with E-state index in [1.165, 1.54) is 0 Å². The van der Waals surface area contributed by atoms with E-state index in [0.717, 1.165) is 23.3 Å². The second-order valence-electron chi connectivity index (χ2n) is 3.94. The summed E-state index contributed by atoms with van der Waals surface area (Å²) in [6.45, 7) is 4.02. The number of fused-ring (bicyclic) bond motifs is 1. The SMILES string of the molecule is Cc1cc(Cl)c2c(c1)C(N)CC(C)O2. The number of hydrogen-bond acceptors (Lipinski definition) is 2. The Balaban J connectivity index is 2.53. The quantitative estimate of drug-likeness (QED) is 0.716. The first kappa shape index (κ1) is 9.81. The van der Waals surface area contributed by atoms with Gasteiger partial charge in [-0.25, -0.2) is 0 Å². The predicted molar refractivity (Wildman–Crippen MR) is 57.8 cm³/mol. The molecule has 0 spiro atoms. The Kier molecular flexibility index (Phi) is 2.41. The zero-order valence-electron chi connectivity index (χ0n) is 8.38.